The Morgan fingerprint density at radius 3 is 2.65 bits per heavy atom. The maximum Gasteiger partial charge on any atom is 0.142 e. The molecule has 1 aliphatic rings. The van der Waals surface area contributed by atoms with Gasteiger partial charge in [0.2, 0.25) is 0 Å². The Kier molecular flexibility index (Phi) is 6.04. The molecule has 0 amide bonds. The van der Waals surface area contributed by atoms with Crippen molar-refractivity contribution in [2.24, 2.45) is 7.05 Å². The molecule has 176 valence electrons. The lowest BCUT2D eigenvalue weighted by Gasteiger charge is -2.32. The third-order valence-electron chi connectivity index (χ3n) is 6.42. The van der Waals surface area contributed by atoms with Gasteiger partial charge in [0.25, 0.3) is 0 Å². The van der Waals surface area contributed by atoms with E-state index in [1.807, 2.05) is 42.2 Å². The van der Waals surface area contributed by atoms with Crippen LogP contribution < -0.4 is 15.8 Å². The van der Waals surface area contributed by atoms with Crippen LogP contribution in [0.15, 0.2) is 48.9 Å². The number of methoxy groups -OCH3 is 1. The van der Waals surface area contributed by atoms with Gasteiger partial charge in [-0.05, 0) is 36.9 Å². The molecule has 0 aliphatic carbocycles. The van der Waals surface area contributed by atoms with Crippen LogP contribution in [0.1, 0.15) is 5.56 Å². The molecule has 1 aliphatic heterocycles. The number of nitrogens with zero attached hydrogens (tertiary/aromatic N) is 6. The summed E-state index contributed by atoms with van der Waals surface area (Å²) < 4.78 is 7.54. The lowest BCUT2D eigenvalue weighted by Crippen LogP contribution is -2.43. The first kappa shape index (κ1) is 22.1. The second-order valence-electron chi connectivity index (χ2n) is 8.79. The highest BCUT2D eigenvalue weighted by Gasteiger charge is 2.17. The Morgan fingerprint density at radius 1 is 1.03 bits per heavy atom. The van der Waals surface area contributed by atoms with E-state index in [4.69, 9.17) is 10.5 Å². The van der Waals surface area contributed by atoms with Gasteiger partial charge >= 0.3 is 0 Å². The highest BCUT2D eigenvalue weighted by atomic mass is 16.5. The summed E-state index contributed by atoms with van der Waals surface area (Å²) in [6.45, 7) is 5.02. The van der Waals surface area contributed by atoms with Crippen molar-refractivity contribution in [3.63, 3.8) is 0 Å². The number of nitrogens with one attached hydrogen (secondary N) is 1. The van der Waals surface area contributed by atoms with Crippen LogP contribution in [0.25, 0.3) is 22.2 Å². The zero-order chi connectivity index (χ0) is 23.7. The van der Waals surface area contributed by atoms with Gasteiger partial charge in [-0.3, -0.25) is 9.58 Å². The molecule has 3 N–H and O–H groups in total. The normalized spacial score (nSPS) is 15.0. The van der Waals surface area contributed by atoms with Crippen LogP contribution in [0.3, 0.4) is 0 Å². The number of fused-ring (bicyclic) bond motifs is 1. The lowest BCUT2D eigenvalue weighted by molar-refractivity contribution is 0.148. The first-order valence-electron chi connectivity index (χ1n) is 11.4. The van der Waals surface area contributed by atoms with Crippen molar-refractivity contribution in [1.29, 1.82) is 0 Å². The molecule has 3 heterocycles. The summed E-state index contributed by atoms with van der Waals surface area (Å²) in [5.74, 6) is 1.40. The average Bonchev–Trinajstić information content (AvgIpc) is 3.22. The zero-order valence-corrected chi connectivity index (χ0v) is 19.8. The van der Waals surface area contributed by atoms with Gasteiger partial charge in [-0.1, -0.05) is 6.07 Å². The van der Waals surface area contributed by atoms with Crippen LogP contribution in [-0.2, 0) is 13.6 Å². The van der Waals surface area contributed by atoms with Gasteiger partial charge in [0.15, 0.2) is 0 Å². The molecule has 0 atom stereocenters. The molecule has 9 nitrogen and oxygen atoms in total. The standard InChI is InChI=1S/C25H30N8O/c1-31-6-8-33(9-7-31)15-19-11-24(34-3)22(12-20(19)26)30-25-13-21(27-16-28-25)17-4-5-23-18(10-17)14-29-32(23)2/h4-5,10-14,16H,6-9,15,26H2,1-3H3,(H,27,28,30). The van der Waals surface area contributed by atoms with Crippen molar-refractivity contribution in [3.8, 4) is 17.0 Å². The fraction of sp³-hybridized carbons (Fsp3) is 0.320. The number of hydrogen-bond donors (Lipinski definition) is 2. The maximum atomic E-state index is 6.45. The smallest absolute Gasteiger partial charge is 0.142 e. The molecule has 0 spiro atoms. The molecule has 1 fully saturated rings. The van der Waals surface area contributed by atoms with Crippen LogP contribution >= 0.6 is 0 Å². The molecular formula is C25H30N8O. The second-order valence-corrected chi connectivity index (χ2v) is 8.79. The van der Waals surface area contributed by atoms with Crippen molar-refractivity contribution in [2.75, 3.05) is 51.4 Å². The van der Waals surface area contributed by atoms with E-state index in [9.17, 15) is 0 Å². The number of hydrogen-bond acceptors (Lipinski definition) is 8. The molecule has 5 rings (SSSR count). The summed E-state index contributed by atoms with van der Waals surface area (Å²) in [6, 6.07) is 12.0. The third-order valence-corrected chi connectivity index (χ3v) is 6.42. The van der Waals surface area contributed by atoms with E-state index in [1.54, 1.807) is 13.4 Å². The molecule has 2 aromatic carbocycles. The van der Waals surface area contributed by atoms with Gasteiger partial charge in [-0.25, -0.2) is 9.97 Å². The average molecular weight is 459 g/mol. The molecule has 0 unspecified atom stereocenters. The first-order valence-corrected chi connectivity index (χ1v) is 11.4. The van der Waals surface area contributed by atoms with E-state index in [2.05, 4.69) is 49.4 Å². The molecule has 9 heteroatoms. The van der Waals surface area contributed by atoms with E-state index in [-0.39, 0.29) is 0 Å². The highest BCUT2D eigenvalue weighted by molar-refractivity contribution is 5.84. The van der Waals surface area contributed by atoms with Crippen LogP contribution in [0, 0.1) is 0 Å². The van der Waals surface area contributed by atoms with Crippen LogP contribution in [-0.4, -0.2) is 69.9 Å². The number of rotatable bonds is 6. The lowest BCUT2D eigenvalue weighted by atomic mass is 10.1. The summed E-state index contributed by atoms with van der Waals surface area (Å²) in [5.41, 5.74) is 11.9. The van der Waals surface area contributed by atoms with Crippen molar-refractivity contribution >= 4 is 28.1 Å². The summed E-state index contributed by atoms with van der Waals surface area (Å²) in [5, 5.41) is 8.75. The molecule has 0 radical (unpaired) electrons. The van der Waals surface area contributed by atoms with Gasteiger partial charge in [-0.15, -0.1) is 0 Å². The van der Waals surface area contributed by atoms with E-state index >= 15 is 0 Å². The predicted octanol–water partition coefficient (Wildman–Crippen LogP) is 3.11. The Bertz CT molecular complexity index is 1310. The van der Waals surface area contributed by atoms with Crippen molar-refractivity contribution in [3.05, 3.63) is 54.5 Å². The van der Waals surface area contributed by atoms with Gasteiger partial charge in [-0.2, -0.15) is 5.10 Å². The number of piperazine rings is 1. The number of nitrogens with two attached hydrogens (primary N) is 1. The number of anilines is 3. The molecular weight excluding hydrogens is 428 g/mol. The summed E-state index contributed by atoms with van der Waals surface area (Å²) >= 11 is 0. The molecule has 0 saturated carbocycles. The minimum atomic E-state index is 0.667. The van der Waals surface area contributed by atoms with Gasteiger partial charge in [0.05, 0.1) is 30.2 Å². The van der Waals surface area contributed by atoms with E-state index in [1.165, 1.54) is 0 Å². The number of likely N-dealkylation sites (N-methyl/N-ethyl adjacent to an activating group) is 1. The SMILES string of the molecule is COc1cc(CN2CCN(C)CC2)c(N)cc1Nc1cc(-c2ccc3c(cnn3C)c2)ncn1. The topological polar surface area (TPSA) is 97.4 Å². The predicted molar refractivity (Wildman–Crippen MR) is 135 cm³/mol. The third kappa shape index (κ3) is 4.52. The summed E-state index contributed by atoms with van der Waals surface area (Å²) in [7, 11) is 5.76. The van der Waals surface area contributed by atoms with Crippen molar-refractivity contribution < 1.29 is 4.74 Å². The van der Waals surface area contributed by atoms with Gasteiger partial charge in [0.1, 0.15) is 17.9 Å². The van der Waals surface area contributed by atoms with Gasteiger partial charge < -0.3 is 20.7 Å². The molecule has 4 aromatic rings. The van der Waals surface area contributed by atoms with E-state index in [0.717, 1.165) is 77.6 Å². The highest BCUT2D eigenvalue weighted by Crippen LogP contribution is 2.33. The van der Waals surface area contributed by atoms with Crippen LogP contribution in [0.5, 0.6) is 5.75 Å². The monoisotopic (exact) mass is 458 g/mol. The molecule has 34 heavy (non-hydrogen) atoms. The minimum Gasteiger partial charge on any atom is -0.495 e. The maximum absolute atomic E-state index is 6.45. The van der Waals surface area contributed by atoms with Gasteiger partial charge in [0, 0.05) is 62.5 Å². The Morgan fingerprint density at radius 2 is 1.85 bits per heavy atom. The largest absolute Gasteiger partial charge is 0.495 e. The first-order chi connectivity index (χ1) is 16.5. The zero-order valence-electron chi connectivity index (χ0n) is 19.8. The summed E-state index contributed by atoms with van der Waals surface area (Å²) in [6.07, 6.45) is 3.42. The number of aryl methyl sites for hydroxylation is 1. The van der Waals surface area contributed by atoms with Crippen molar-refractivity contribution in [2.45, 2.75) is 6.54 Å². The van der Waals surface area contributed by atoms with Crippen molar-refractivity contribution in [1.82, 2.24) is 29.5 Å². The fourth-order valence-electron chi connectivity index (χ4n) is 4.33. The minimum absolute atomic E-state index is 0.667. The number of benzene rings is 2. The number of nitrogen functional groups attached to an aromatic ring is 1. The number of ether oxygens (including phenoxy) is 1. The Hall–Kier alpha value is -3.69. The molecule has 1 saturated heterocycles. The van der Waals surface area contributed by atoms with E-state index < -0.39 is 0 Å². The molecule has 2 aromatic heterocycles. The number of aromatic nitrogens is 4. The summed E-state index contributed by atoms with van der Waals surface area (Å²) in [4.78, 5) is 13.6. The van der Waals surface area contributed by atoms with Crippen LogP contribution in [0.4, 0.5) is 17.2 Å². The van der Waals surface area contributed by atoms with Crippen LogP contribution in [0.2, 0.25) is 0 Å². The Labute approximate surface area is 199 Å². The second kappa shape index (κ2) is 9.28. The Balaban J connectivity index is 1.37. The molecule has 0 bridgehead atoms. The fourth-order valence-corrected chi connectivity index (χ4v) is 4.33. The quantitative estimate of drug-likeness (QED) is 0.426. The van der Waals surface area contributed by atoms with E-state index in [0.29, 0.717) is 5.82 Å².